The van der Waals surface area contributed by atoms with Gasteiger partial charge in [0.25, 0.3) is 0 Å². The molecule has 0 bridgehead atoms. The molecule has 6 nitrogen and oxygen atoms in total. The van der Waals surface area contributed by atoms with Crippen molar-refractivity contribution < 1.29 is 4.74 Å². The Balaban J connectivity index is 1.78. The normalized spacial score (nSPS) is 10.8. The Morgan fingerprint density at radius 2 is 2.20 bits per heavy atom. The Kier molecular flexibility index (Phi) is 4.92. The highest BCUT2D eigenvalue weighted by molar-refractivity contribution is 5.37. The molecule has 2 rings (SSSR count). The quantitative estimate of drug-likeness (QED) is 0.759. The third-order valence-electron chi connectivity index (χ3n) is 2.86. The Labute approximate surface area is 119 Å². The van der Waals surface area contributed by atoms with Gasteiger partial charge in [0, 0.05) is 18.3 Å². The van der Waals surface area contributed by atoms with Crippen molar-refractivity contribution in [1.29, 1.82) is 0 Å². The molecule has 0 atom stereocenters. The van der Waals surface area contributed by atoms with E-state index >= 15 is 0 Å². The van der Waals surface area contributed by atoms with Crippen LogP contribution in [0.5, 0.6) is 5.88 Å². The van der Waals surface area contributed by atoms with E-state index in [0.29, 0.717) is 5.88 Å². The summed E-state index contributed by atoms with van der Waals surface area (Å²) in [4.78, 5) is 8.25. The van der Waals surface area contributed by atoms with E-state index < -0.39 is 0 Å². The largest absolute Gasteiger partial charge is 0.475 e. The fraction of sp³-hybridized carbons (Fsp3) is 0.500. The van der Waals surface area contributed by atoms with Crippen LogP contribution in [0.3, 0.4) is 0 Å². The van der Waals surface area contributed by atoms with Gasteiger partial charge in [0.15, 0.2) is 0 Å². The number of ether oxygens (including phenoxy) is 1. The summed E-state index contributed by atoms with van der Waals surface area (Å²) in [7, 11) is 0. The van der Waals surface area contributed by atoms with E-state index in [1.165, 1.54) is 11.9 Å². The Morgan fingerprint density at radius 1 is 1.35 bits per heavy atom. The molecule has 108 valence electrons. The minimum absolute atomic E-state index is 0.113. The Bertz CT molecular complexity index is 538. The van der Waals surface area contributed by atoms with Gasteiger partial charge < -0.3 is 10.1 Å². The predicted molar refractivity (Wildman–Crippen MR) is 77.9 cm³/mol. The maximum Gasteiger partial charge on any atom is 0.218 e. The molecule has 2 aromatic rings. The lowest BCUT2D eigenvalue weighted by Gasteiger charge is -2.10. The number of nitrogens with zero attached hydrogens (tertiary/aromatic N) is 3. The first-order valence-corrected chi connectivity index (χ1v) is 6.86. The second-order valence-corrected chi connectivity index (χ2v) is 4.96. The molecule has 0 aliphatic rings. The van der Waals surface area contributed by atoms with Crippen molar-refractivity contribution >= 4 is 5.82 Å². The second kappa shape index (κ2) is 6.88. The van der Waals surface area contributed by atoms with Gasteiger partial charge in [-0.25, -0.2) is 9.97 Å². The molecule has 0 aliphatic carbocycles. The van der Waals surface area contributed by atoms with E-state index in [9.17, 15) is 0 Å². The first-order chi connectivity index (χ1) is 9.65. The number of aryl methyl sites for hydroxylation is 2. The van der Waals surface area contributed by atoms with E-state index in [0.717, 1.165) is 30.9 Å². The summed E-state index contributed by atoms with van der Waals surface area (Å²) in [6.07, 6.45) is 5.52. The number of aromatic nitrogens is 4. The number of nitrogens with one attached hydrogen (secondary N) is 2. The standard InChI is InChI=1S/C14H21N5O/c1-10(2)20-14-7-13(16-9-17-14)15-6-4-5-12-8-18-19-11(12)3/h7-10H,4-6H2,1-3H3,(H,18,19)(H,15,16,17). The topological polar surface area (TPSA) is 75.7 Å². The van der Waals surface area contributed by atoms with Gasteiger partial charge in [0.05, 0.1) is 12.3 Å². The molecule has 2 N–H and O–H groups in total. The summed E-state index contributed by atoms with van der Waals surface area (Å²) < 4.78 is 5.53. The van der Waals surface area contributed by atoms with Crippen LogP contribution in [-0.2, 0) is 6.42 Å². The molecule has 6 heteroatoms. The van der Waals surface area contributed by atoms with Crippen molar-refractivity contribution in [3.63, 3.8) is 0 Å². The van der Waals surface area contributed by atoms with E-state index in [2.05, 4.69) is 25.5 Å². The molecular weight excluding hydrogens is 254 g/mol. The van der Waals surface area contributed by atoms with E-state index in [1.807, 2.05) is 33.0 Å². The molecule has 0 aromatic carbocycles. The van der Waals surface area contributed by atoms with Gasteiger partial charge in [0.1, 0.15) is 12.1 Å². The molecule has 0 spiro atoms. The van der Waals surface area contributed by atoms with Crippen LogP contribution < -0.4 is 10.1 Å². The summed E-state index contributed by atoms with van der Waals surface area (Å²) in [5, 5.41) is 10.2. The maximum absolute atomic E-state index is 5.53. The molecule has 0 saturated heterocycles. The van der Waals surface area contributed by atoms with Crippen LogP contribution in [0.15, 0.2) is 18.6 Å². The molecule has 0 unspecified atom stereocenters. The molecule has 2 aromatic heterocycles. The number of aromatic amines is 1. The first kappa shape index (κ1) is 14.3. The van der Waals surface area contributed by atoms with Gasteiger partial charge in [-0.15, -0.1) is 0 Å². The van der Waals surface area contributed by atoms with Crippen molar-refractivity contribution in [2.24, 2.45) is 0 Å². The highest BCUT2D eigenvalue weighted by Gasteiger charge is 2.03. The van der Waals surface area contributed by atoms with Crippen molar-refractivity contribution in [3.05, 3.63) is 29.8 Å². The van der Waals surface area contributed by atoms with E-state index in [-0.39, 0.29) is 6.10 Å². The monoisotopic (exact) mass is 275 g/mol. The smallest absolute Gasteiger partial charge is 0.218 e. The third kappa shape index (κ3) is 4.22. The average molecular weight is 275 g/mol. The zero-order valence-electron chi connectivity index (χ0n) is 12.2. The summed E-state index contributed by atoms with van der Waals surface area (Å²) in [5.74, 6) is 1.39. The fourth-order valence-electron chi connectivity index (χ4n) is 1.87. The number of hydrogen-bond donors (Lipinski definition) is 2. The molecular formula is C14H21N5O. The summed E-state index contributed by atoms with van der Waals surface area (Å²) >= 11 is 0. The van der Waals surface area contributed by atoms with Crippen molar-refractivity contribution in [3.8, 4) is 5.88 Å². The van der Waals surface area contributed by atoms with Crippen molar-refractivity contribution in [2.75, 3.05) is 11.9 Å². The van der Waals surface area contributed by atoms with Crippen LogP contribution in [0.2, 0.25) is 0 Å². The van der Waals surface area contributed by atoms with Gasteiger partial charge in [0.2, 0.25) is 5.88 Å². The lowest BCUT2D eigenvalue weighted by molar-refractivity contribution is 0.232. The van der Waals surface area contributed by atoms with Crippen LogP contribution >= 0.6 is 0 Å². The van der Waals surface area contributed by atoms with Gasteiger partial charge in [-0.1, -0.05) is 0 Å². The molecule has 0 radical (unpaired) electrons. The second-order valence-electron chi connectivity index (χ2n) is 4.96. The Morgan fingerprint density at radius 3 is 2.90 bits per heavy atom. The zero-order valence-corrected chi connectivity index (χ0v) is 12.2. The zero-order chi connectivity index (χ0) is 14.4. The van der Waals surface area contributed by atoms with Crippen LogP contribution in [-0.4, -0.2) is 32.8 Å². The lowest BCUT2D eigenvalue weighted by Crippen LogP contribution is -2.09. The minimum Gasteiger partial charge on any atom is -0.475 e. The van der Waals surface area contributed by atoms with Crippen LogP contribution in [0.25, 0.3) is 0 Å². The fourth-order valence-corrected chi connectivity index (χ4v) is 1.87. The Hall–Kier alpha value is -2.11. The summed E-state index contributed by atoms with van der Waals surface area (Å²) in [6.45, 7) is 6.84. The minimum atomic E-state index is 0.113. The molecule has 2 heterocycles. The summed E-state index contributed by atoms with van der Waals surface area (Å²) in [5.41, 5.74) is 2.40. The van der Waals surface area contributed by atoms with Gasteiger partial charge in [-0.3, -0.25) is 5.10 Å². The average Bonchev–Trinajstić information content (AvgIpc) is 2.80. The molecule has 0 saturated carbocycles. The number of anilines is 1. The van der Waals surface area contributed by atoms with E-state index in [4.69, 9.17) is 4.74 Å². The molecule has 0 amide bonds. The van der Waals surface area contributed by atoms with E-state index in [1.54, 1.807) is 0 Å². The van der Waals surface area contributed by atoms with Crippen LogP contribution in [0.1, 0.15) is 31.5 Å². The van der Waals surface area contributed by atoms with Gasteiger partial charge in [-0.2, -0.15) is 5.10 Å². The van der Waals surface area contributed by atoms with Crippen molar-refractivity contribution in [2.45, 2.75) is 39.7 Å². The highest BCUT2D eigenvalue weighted by atomic mass is 16.5. The van der Waals surface area contributed by atoms with Crippen LogP contribution in [0.4, 0.5) is 5.82 Å². The first-order valence-electron chi connectivity index (χ1n) is 6.86. The van der Waals surface area contributed by atoms with Gasteiger partial charge in [-0.05, 0) is 39.2 Å². The summed E-state index contributed by atoms with van der Waals surface area (Å²) in [6, 6.07) is 1.82. The number of H-pyrrole nitrogens is 1. The van der Waals surface area contributed by atoms with Crippen LogP contribution in [0, 0.1) is 6.92 Å². The molecule has 20 heavy (non-hydrogen) atoms. The lowest BCUT2D eigenvalue weighted by atomic mass is 10.1. The SMILES string of the molecule is Cc1[nH]ncc1CCCNc1cc(OC(C)C)ncn1. The number of rotatable bonds is 7. The molecule has 0 aliphatic heterocycles. The highest BCUT2D eigenvalue weighted by Crippen LogP contribution is 2.13. The number of hydrogen-bond acceptors (Lipinski definition) is 5. The van der Waals surface area contributed by atoms with Gasteiger partial charge >= 0.3 is 0 Å². The third-order valence-corrected chi connectivity index (χ3v) is 2.86. The maximum atomic E-state index is 5.53. The van der Waals surface area contributed by atoms with Crippen molar-refractivity contribution in [1.82, 2.24) is 20.2 Å². The predicted octanol–water partition coefficient (Wildman–Crippen LogP) is 2.34. The molecule has 0 fully saturated rings.